The molecule has 4 nitrogen and oxygen atoms in total. The number of nitrogens with one attached hydrogen (secondary N) is 1. The lowest BCUT2D eigenvalue weighted by molar-refractivity contribution is 0.146. The van der Waals surface area contributed by atoms with E-state index in [0.717, 1.165) is 12.0 Å². The maximum Gasteiger partial charge on any atom is 0.120 e. The number of phenolic OH excluding ortho intramolecular Hbond substituents is 1. The second kappa shape index (κ2) is 7.24. The predicted octanol–water partition coefficient (Wildman–Crippen LogP) is 1.90. The molecule has 0 aliphatic rings. The summed E-state index contributed by atoms with van der Waals surface area (Å²) in [5.41, 5.74) is 0.770. The number of aliphatic hydroxyl groups is 1. The number of ether oxygens (including phenoxy) is 1. The summed E-state index contributed by atoms with van der Waals surface area (Å²) in [5, 5.41) is 22.5. The van der Waals surface area contributed by atoms with Crippen LogP contribution in [0.5, 0.6) is 11.5 Å². The number of hydrogen-bond acceptors (Lipinski definition) is 4. The van der Waals surface area contributed by atoms with E-state index in [4.69, 9.17) is 4.74 Å². The molecule has 0 saturated carbocycles. The van der Waals surface area contributed by atoms with E-state index in [1.165, 1.54) is 0 Å². The lowest BCUT2D eigenvalue weighted by Gasteiger charge is -2.14. The molecule has 0 saturated heterocycles. The van der Waals surface area contributed by atoms with Crippen LogP contribution in [0, 0.1) is 5.92 Å². The first-order chi connectivity index (χ1) is 8.52. The monoisotopic (exact) mass is 253 g/mol. The van der Waals surface area contributed by atoms with Gasteiger partial charge in [0.25, 0.3) is 0 Å². The molecule has 0 bridgehead atoms. The summed E-state index contributed by atoms with van der Waals surface area (Å²) < 4.78 is 5.10. The highest BCUT2D eigenvalue weighted by molar-refractivity contribution is 5.39. The van der Waals surface area contributed by atoms with E-state index in [1.807, 2.05) is 0 Å². The SMILES string of the molecule is COc1ccc(O)c(CNCC(O)CC(C)C)c1. The van der Waals surface area contributed by atoms with Gasteiger partial charge in [0.15, 0.2) is 0 Å². The molecule has 0 heterocycles. The molecule has 4 heteroatoms. The van der Waals surface area contributed by atoms with Gasteiger partial charge in [0, 0.05) is 18.7 Å². The summed E-state index contributed by atoms with van der Waals surface area (Å²) in [5.74, 6) is 1.43. The molecule has 18 heavy (non-hydrogen) atoms. The Morgan fingerprint density at radius 3 is 2.67 bits per heavy atom. The van der Waals surface area contributed by atoms with E-state index in [-0.39, 0.29) is 11.9 Å². The van der Waals surface area contributed by atoms with Crippen LogP contribution in [-0.2, 0) is 6.54 Å². The molecule has 1 unspecified atom stereocenters. The van der Waals surface area contributed by atoms with E-state index < -0.39 is 0 Å². The maximum atomic E-state index is 9.72. The van der Waals surface area contributed by atoms with Gasteiger partial charge in [-0.2, -0.15) is 0 Å². The molecule has 0 amide bonds. The van der Waals surface area contributed by atoms with Gasteiger partial charge in [-0.1, -0.05) is 13.8 Å². The molecule has 0 aromatic heterocycles. The number of methoxy groups -OCH3 is 1. The first-order valence-corrected chi connectivity index (χ1v) is 6.27. The predicted molar refractivity (Wildman–Crippen MR) is 71.8 cm³/mol. The smallest absolute Gasteiger partial charge is 0.120 e. The lowest BCUT2D eigenvalue weighted by atomic mass is 10.1. The van der Waals surface area contributed by atoms with Crippen molar-refractivity contribution in [2.75, 3.05) is 13.7 Å². The Labute approximate surface area is 109 Å². The second-order valence-electron chi connectivity index (χ2n) is 4.91. The summed E-state index contributed by atoms with van der Waals surface area (Å²) in [6.45, 7) is 5.20. The molecule has 0 aliphatic heterocycles. The van der Waals surface area contributed by atoms with Crippen molar-refractivity contribution in [1.82, 2.24) is 5.32 Å². The van der Waals surface area contributed by atoms with Crippen LogP contribution >= 0.6 is 0 Å². The zero-order valence-corrected chi connectivity index (χ0v) is 11.3. The van der Waals surface area contributed by atoms with Crippen molar-refractivity contribution in [3.63, 3.8) is 0 Å². The normalized spacial score (nSPS) is 12.7. The second-order valence-corrected chi connectivity index (χ2v) is 4.91. The van der Waals surface area contributed by atoms with Crippen molar-refractivity contribution < 1.29 is 14.9 Å². The third kappa shape index (κ3) is 4.94. The minimum atomic E-state index is -0.349. The van der Waals surface area contributed by atoms with E-state index in [1.54, 1.807) is 25.3 Å². The number of rotatable bonds is 7. The minimum absolute atomic E-state index is 0.238. The minimum Gasteiger partial charge on any atom is -0.508 e. The van der Waals surface area contributed by atoms with Crippen molar-refractivity contribution in [2.24, 2.45) is 5.92 Å². The summed E-state index contributed by atoms with van der Waals surface area (Å²) in [4.78, 5) is 0. The molecule has 102 valence electrons. The van der Waals surface area contributed by atoms with Crippen molar-refractivity contribution in [2.45, 2.75) is 32.9 Å². The molecular formula is C14H23NO3. The summed E-state index contributed by atoms with van der Waals surface area (Å²) >= 11 is 0. The van der Waals surface area contributed by atoms with Crippen molar-refractivity contribution in [1.29, 1.82) is 0 Å². The van der Waals surface area contributed by atoms with Gasteiger partial charge < -0.3 is 20.3 Å². The number of aromatic hydroxyl groups is 1. The Morgan fingerprint density at radius 1 is 1.33 bits per heavy atom. The number of aliphatic hydroxyl groups excluding tert-OH is 1. The van der Waals surface area contributed by atoms with E-state index in [2.05, 4.69) is 19.2 Å². The van der Waals surface area contributed by atoms with Gasteiger partial charge in [-0.05, 0) is 30.5 Å². The van der Waals surface area contributed by atoms with E-state index in [9.17, 15) is 10.2 Å². The fourth-order valence-corrected chi connectivity index (χ4v) is 1.83. The molecular weight excluding hydrogens is 230 g/mol. The first-order valence-electron chi connectivity index (χ1n) is 6.27. The number of hydrogen-bond donors (Lipinski definition) is 3. The van der Waals surface area contributed by atoms with Crippen molar-refractivity contribution in [3.8, 4) is 11.5 Å². The third-order valence-electron chi connectivity index (χ3n) is 2.73. The average Bonchev–Trinajstić information content (AvgIpc) is 2.30. The van der Waals surface area contributed by atoms with E-state index >= 15 is 0 Å². The molecule has 1 aromatic rings. The van der Waals surface area contributed by atoms with Crippen LogP contribution in [0.4, 0.5) is 0 Å². The van der Waals surface area contributed by atoms with Crippen LogP contribution in [0.15, 0.2) is 18.2 Å². The highest BCUT2D eigenvalue weighted by Gasteiger charge is 2.07. The Hall–Kier alpha value is -1.26. The van der Waals surface area contributed by atoms with Gasteiger partial charge in [0.1, 0.15) is 11.5 Å². The van der Waals surface area contributed by atoms with Crippen molar-refractivity contribution >= 4 is 0 Å². The highest BCUT2D eigenvalue weighted by atomic mass is 16.5. The van der Waals surface area contributed by atoms with Gasteiger partial charge in [-0.25, -0.2) is 0 Å². The van der Waals surface area contributed by atoms with Crippen LogP contribution in [0.3, 0.4) is 0 Å². The Kier molecular flexibility index (Phi) is 5.95. The first kappa shape index (κ1) is 14.8. The molecule has 1 aromatic carbocycles. The Balaban J connectivity index is 2.43. The van der Waals surface area contributed by atoms with Crippen LogP contribution in [0.2, 0.25) is 0 Å². The molecule has 1 rings (SSSR count). The zero-order valence-electron chi connectivity index (χ0n) is 11.3. The Morgan fingerprint density at radius 2 is 2.06 bits per heavy atom. The van der Waals surface area contributed by atoms with Gasteiger partial charge in [-0.3, -0.25) is 0 Å². The number of benzene rings is 1. The maximum absolute atomic E-state index is 9.72. The van der Waals surface area contributed by atoms with Crippen LogP contribution in [0.25, 0.3) is 0 Å². The van der Waals surface area contributed by atoms with Gasteiger partial charge >= 0.3 is 0 Å². The summed E-state index contributed by atoms with van der Waals surface area (Å²) in [7, 11) is 1.59. The fourth-order valence-electron chi connectivity index (χ4n) is 1.83. The molecule has 0 fully saturated rings. The number of phenols is 1. The average molecular weight is 253 g/mol. The molecule has 0 spiro atoms. The molecule has 0 aliphatic carbocycles. The molecule has 3 N–H and O–H groups in total. The highest BCUT2D eigenvalue weighted by Crippen LogP contribution is 2.22. The van der Waals surface area contributed by atoms with Crippen LogP contribution < -0.4 is 10.1 Å². The Bertz CT molecular complexity index is 366. The topological polar surface area (TPSA) is 61.7 Å². The van der Waals surface area contributed by atoms with Crippen molar-refractivity contribution in [3.05, 3.63) is 23.8 Å². The summed E-state index contributed by atoms with van der Waals surface area (Å²) in [6, 6.07) is 5.12. The van der Waals surface area contributed by atoms with Gasteiger partial charge in [0.05, 0.1) is 13.2 Å². The van der Waals surface area contributed by atoms with E-state index in [0.29, 0.717) is 24.8 Å². The molecule has 0 radical (unpaired) electrons. The summed E-state index contributed by atoms with van der Waals surface area (Å²) in [6.07, 6.45) is 0.426. The van der Waals surface area contributed by atoms with Gasteiger partial charge in [-0.15, -0.1) is 0 Å². The standard InChI is InChI=1S/C14H23NO3/c1-10(2)6-12(16)9-15-8-11-7-13(18-3)4-5-14(11)17/h4-5,7,10,12,15-17H,6,8-9H2,1-3H3. The lowest BCUT2D eigenvalue weighted by Crippen LogP contribution is -2.27. The molecule has 1 atom stereocenters. The van der Waals surface area contributed by atoms with Gasteiger partial charge in [0.2, 0.25) is 0 Å². The quantitative estimate of drug-likeness (QED) is 0.694. The largest absolute Gasteiger partial charge is 0.508 e. The van der Waals surface area contributed by atoms with Crippen LogP contribution in [-0.4, -0.2) is 30.0 Å². The zero-order chi connectivity index (χ0) is 13.5. The fraction of sp³-hybridized carbons (Fsp3) is 0.571. The third-order valence-corrected chi connectivity index (χ3v) is 2.73. The van der Waals surface area contributed by atoms with Crippen LogP contribution in [0.1, 0.15) is 25.8 Å².